The van der Waals surface area contributed by atoms with Gasteiger partial charge in [-0.1, -0.05) is 13.8 Å². The quantitative estimate of drug-likeness (QED) is 0.762. The highest BCUT2D eigenvalue weighted by atomic mass is 16.7. The number of methoxy groups -OCH3 is 2. The number of hydrogen-bond donors (Lipinski definition) is 1. The molecule has 4 nitrogen and oxygen atoms in total. The Balaban J connectivity index is 1.96. The molecule has 0 aromatic carbocycles. The Morgan fingerprint density at radius 1 is 1.28 bits per heavy atom. The van der Waals surface area contributed by atoms with Crippen LogP contribution < -0.4 is 5.32 Å². The lowest BCUT2D eigenvalue weighted by molar-refractivity contribution is -0.202. The Hall–Kier alpha value is -0.160. The highest BCUT2D eigenvalue weighted by Gasteiger charge is 2.58. The fourth-order valence-electron chi connectivity index (χ4n) is 3.73. The minimum atomic E-state index is -0.190. The van der Waals surface area contributed by atoms with E-state index in [1.54, 1.807) is 14.2 Å². The van der Waals surface area contributed by atoms with E-state index in [0.29, 0.717) is 18.1 Å². The molecule has 1 saturated carbocycles. The lowest BCUT2D eigenvalue weighted by atomic mass is 9.55. The fourth-order valence-corrected chi connectivity index (χ4v) is 3.73. The highest BCUT2D eigenvalue weighted by Crippen LogP contribution is 2.51. The Morgan fingerprint density at radius 3 is 2.56 bits per heavy atom. The molecule has 18 heavy (non-hydrogen) atoms. The third-order valence-electron chi connectivity index (χ3n) is 4.65. The van der Waals surface area contributed by atoms with Gasteiger partial charge in [0.15, 0.2) is 6.29 Å². The van der Waals surface area contributed by atoms with E-state index in [1.807, 2.05) is 0 Å². The van der Waals surface area contributed by atoms with Crippen LogP contribution in [0.15, 0.2) is 0 Å². The summed E-state index contributed by atoms with van der Waals surface area (Å²) in [5, 5.41) is 3.68. The van der Waals surface area contributed by atoms with Crippen molar-refractivity contribution in [3.05, 3.63) is 0 Å². The van der Waals surface area contributed by atoms with Crippen molar-refractivity contribution in [2.75, 3.05) is 20.8 Å². The minimum absolute atomic E-state index is 0.187. The molecule has 2 aliphatic rings. The van der Waals surface area contributed by atoms with Crippen LogP contribution in [0.5, 0.6) is 0 Å². The highest BCUT2D eigenvalue weighted by molar-refractivity contribution is 5.10. The monoisotopic (exact) mass is 257 g/mol. The molecular weight excluding hydrogens is 230 g/mol. The molecule has 4 heteroatoms. The first-order valence-corrected chi connectivity index (χ1v) is 6.95. The van der Waals surface area contributed by atoms with Gasteiger partial charge in [-0.05, 0) is 19.8 Å². The molecule has 106 valence electrons. The summed E-state index contributed by atoms with van der Waals surface area (Å²) >= 11 is 0. The summed E-state index contributed by atoms with van der Waals surface area (Å²) < 4.78 is 16.6. The molecule has 1 heterocycles. The van der Waals surface area contributed by atoms with Crippen molar-refractivity contribution in [3.63, 3.8) is 0 Å². The van der Waals surface area contributed by atoms with E-state index in [2.05, 4.69) is 26.1 Å². The van der Waals surface area contributed by atoms with Gasteiger partial charge in [0.1, 0.15) is 0 Å². The predicted molar refractivity (Wildman–Crippen MR) is 70.4 cm³/mol. The van der Waals surface area contributed by atoms with Gasteiger partial charge in [-0.2, -0.15) is 0 Å². The molecule has 0 spiro atoms. The van der Waals surface area contributed by atoms with Crippen LogP contribution in [-0.4, -0.2) is 45.3 Å². The first-order chi connectivity index (χ1) is 8.52. The second kappa shape index (κ2) is 5.45. The van der Waals surface area contributed by atoms with E-state index in [9.17, 15) is 0 Å². The van der Waals surface area contributed by atoms with Crippen molar-refractivity contribution < 1.29 is 14.2 Å². The maximum atomic E-state index is 5.91. The maximum Gasteiger partial charge on any atom is 0.171 e. The van der Waals surface area contributed by atoms with Crippen LogP contribution in [0.1, 0.15) is 33.6 Å². The summed E-state index contributed by atoms with van der Waals surface area (Å²) in [6, 6.07) is 0.678. The first kappa shape index (κ1) is 14.3. The van der Waals surface area contributed by atoms with E-state index >= 15 is 0 Å². The van der Waals surface area contributed by atoms with Gasteiger partial charge in [0.2, 0.25) is 0 Å². The maximum absolute atomic E-state index is 5.91. The summed E-state index contributed by atoms with van der Waals surface area (Å²) in [7, 11) is 3.37. The molecule has 2 fully saturated rings. The smallest absolute Gasteiger partial charge is 0.171 e. The van der Waals surface area contributed by atoms with E-state index in [4.69, 9.17) is 14.2 Å². The summed E-state index contributed by atoms with van der Waals surface area (Å²) in [6.07, 6.45) is 2.68. The third-order valence-corrected chi connectivity index (χ3v) is 4.65. The zero-order chi connectivity index (χ0) is 13.3. The van der Waals surface area contributed by atoms with Crippen LogP contribution in [0.3, 0.4) is 0 Å². The molecular formula is C14H27NO3. The number of ether oxygens (including phenoxy) is 3. The van der Waals surface area contributed by atoms with Crippen LogP contribution in [0.4, 0.5) is 0 Å². The number of fused-ring (bicyclic) bond motifs is 1. The molecule has 1 N–H and O–H groups in total. The summed E-state index contributed by atoms with van der Waals surface area (Å²) in [5.74, 6) is 0.644. The standard InChI is InChI=1S/C14H27NO3/c1-9(13(16-4)17-5)15-11-10-7-6-8-18-12(10)14(11,2)3/h9-13,15H,6-8H2,1-5H3. The van der Waals surface area contributed by atoms with Crippen molar-refractivity contribution >= 4 is 0 Å². The number of hydrogen-bond acceptors (Lipinski definition) is 4. The second-order valence-electron chi connectivity index (χ2n) is 6.19. The Bertz CT molecular complexity index is 278. The van der Waals surface area contributed by atoms with Crippen molar-refractivity contribution in [1.29, 1.82) is 0 Å². The average molecular weight is 257 g/mol. The van der Waals surface area contributed by atoms with E-state index in [0.717, 1.165) is 6.61 Å². The van der Waals surface area contributed by atoms with Gasteiger partial charge in [-0.25, -0.2) is 0 Å². The van der Waals surface area contributed by atoms with Crippen LogP contribution in [0.2, 0.25) is 0 Å². The molecule has 0 aromatic rings. The molecule has 1 aliphatic heterocycles. The molecule has 0 bridgehead atoms. The largest absolute Gasteiger partial charge is 0.377 e. The van der Waals surface area contributed by atoms with E-state index in [1.165, 1.54) is 12.8 Å². The zero-order valence-corrected chi connectivity index (χ0v) is 12.2. The van der Waals surface area contributed by atoms with Crippen LogP contribution in [0, 0.1) is 11.3 Å². The Morgan fingerprint density at radius 2 is 1.94 bits per heavy atom. The Labute approximate surface area is 110 Å². The van der Waals surface area contributed by atoms with Gasteiger partial charge in [-0.15, -0.1) is 0 Å². The van der Waals surface area contributed by atoms with E-state index in [-0.39, 0.29) is 17.7 Å². The van der Waals surface area contributed by atoms with Crippen LogP contribution in [-0.2, 0) is 14.2 Å². The Kier molecular flexibility index (Phi) is 4.32. The fraction of sp³-hybridized carbons (Fsp3) is 1.00. The van der Waals surface area contributed by atoms with Crippen molar-refractivity contribution in [1.82, 2.24) is 5.32 Å². The number of nitrogens with one attached hydrogen (secondary N) is 1. The molecule has 1 aliphatic carbocycles. The van der Waals surface area contributed by atoms with Gasteiger partial charge in [0.05, 0.1) is 12.1 Å². The second-order valence-corrected chi connectivity index (χ2v) is 6.19. The van der Waals surface area contributed by atoms with Gasteiger partial charge >= 0.3 is 0 Å². The van der Waals surface area contributed by atoms with E-state index < -0.39 is 0 Å². The molecule has 0 radical (unpaired) electrons. The number of rotatable bonds is 5. The molecule has 4 atom stereocenters. The van der Waals surface area contributed by atoms with Gasteiger partial charge in [-0.3, -0.25) is 0 Å². The molecule has 1 saturated heterocycles. The van der Waals surface area contributed by atoms with Crippen LogP contribution in [0.25, 0.3) is 0 Å². The topological polar surface area (TPSA) is 39.7 Å². The van der Waals surface area contributed by atoms with Crippen molar-refractivity contribution in [2.45, 2.75) is 58.1 Å². The molecule has 0 amide bonds. The van der Waals surface area contributed by atoms with Gasteiger partial charge in [0, 0.05) is 38.2 Å². The van der Waals surface area contributed by atoms with Gasteiger partial charge in [0.25, 0.3) is 0 Å². The van der Waals surface area contributed by atoms with Gasteiger partial charge < -0.3 is 19.5 Å². The van der Waals surface area contributed by atoms with Crippen molar-refractivity contribution in [2.24, 2.45) is 11.3 Å². The molecule has 2 rings (SSSR count). The average Bonchev–Trinajstić information content (AvgIpc) is 2.37. The molecule has 4 unspecified atom stereocenters. The lowest BCUT2D eigenvalue weighted by Gasteiger charge is -2.60. The summed E-state index contributed by atoms with van der Waals surface area (Å²) in [6.45, 7) is 7.62. The summed E-state index contributed by atoms with van der Waals surface area (Å²) in [4.78, 5) is 0. The lowest BCUT2D eigenvalue weighted by Crippen LogP contribution is -2.71. The van der Waals surface area contributed by atoms with Crippen LogP contribution >= 0.6 is 0 Å². The minimum Gasteiger partial charge on any atom is -0.377 e. The molecule has 0 aromatic heterocycles. The SMILES string of the molecule is COC(OC)C(C)NC1C2CCCOC2C1(C)C. The summed E-state index contributed by atoms with van der Waals surface area (Å²) in [5.41, 5.74) is 0.200. The zero-order valence-electron chi connectivity index (χ0n) is 12.2. The predicted octanol–water partition coefficient (Wildman–Crippen LogP) is 1.79. The van der Waals surface area contributed by atoms with Crippen molar-refractivity contribution in [3.8, 4) is 0 Å². The third kappa shape index (κ3) is 2.31. The normalized spacial score (nSPS) is 36.0. The first-order valence-electron chi connectivity index (χ1n) is 6.95.